The minimum atomic E-state index is -0.917. The molecule has 6 nitrogen and oxygen atoms in total. The molecule has 1 aliphatic rings. The molecule has 1 aliphatic heterocycles. The molecule has 3 heterocycles. The number of carbonyl (C=O) groups is 2. The summed E-state index contributed by atoms with van der Waals surface area (Å²) >= 11 is 7.59. The number of hydrogen-bond donors (Lipinski definition) is 2. The predicted molar refractivity (Wildman–Crippen MR) is 128 cm³/mol. The summed E-state index contributed by atoms with van der Waals surface area (Å²) in [5.74, 6) is -2.29. The molecule has 0 aliphatic carbocycles. The number of rotatable bonds is 7. The van der Waals surface area contributed by atoms with E-state index in [1.807, 2.05) is 6.07 Å². The van der Waals surface area contributed by atoms with E-state index in [2.05, 4.69) is 15.7 Å². The van der Waals surface area contributed by atoms with Crippen LogP contribution in [0, 0.1) is 17.6 Å². The number of nitrogens with zero attached hydrogens (tertiary/aromatic N) is 2. The number of carbonyl (C=O) groups excluding carboxylic acids is 2. The lowest BCUT2D eigenvalue weighted by Gasteiger charge is -2.37. The van der Waals surface area contributed by atoms with Gasteiger partial charge >= 0.3 is 0 Å². The third-order valence-electron chi connectivity index (χ3n) is 6.31. The molecule has 1 saturated heterocycles. The highest BCUT2D eigenvalue weighted by molar-refractivity contribution is 7.17. The van der Waals surface area contributed by atoms with E-state index >= 15 is 0 Å². The highest BCUT2D eigenvalue weighted by Gasteiger charge is 2.34. The van der Waals surface area contributed by atoms with Crippen LogP contribution in [0.3, 0.4) is 0 Å². The molecule has 0 bridgehead atoms. The van der Waals surface area contributed by atoms with Gasteiger partial charge in [-0.3, -0.25) is 14.3 Å². The van der Waals surface area contributed by atoms with Crippen molar-refractivity contribution in [1.82, 2.24) is 20.4 Å². The maximum atomic E-state index is 14.0. The summed E-state index contributed by atoms with van der Waals surface area (Å²) in [6.07, 6.45) is 2.61. The van der Waals surface area contributed by atoms with Crippen LogP contribution in [-0.4, -0.2) is 41.1 Å². The summed E-state index contributed by atoms with van der Waals surface area (Å²) in [4.78, 5) is 26.5. The number of aryl methyl sites for hydroxylation is 1. The van der Waals surface area contributed by atoms with Gasteiger partial charge in [0, 0.05) is 33.0 Å². The monoisotopic (exact) mass is 506 g/mol. The molecule has 4 rings (SSSR count). The Morgan fingerprint density at radius 1 is 1.24 bits per heavy atom. The summed E-state index contributed by atoms with van der Waals surface area (Å²) in [5, 5.41) is 10.6. The minimum absolute atomic E-state index is 0.0290. The molecule has 2 aromatic heterocycles. The zero-order valence-corrected chi connectivity index (χ0v) is 20.4. The lowest BCUT2D eigenvalue weighted by atomic mass is 9.75. The fourth-order valence-electron chi connectivity index (χ4n) is 4.53. The molecule has 10 heteroatoms. The van der Waals surface area contributed by atoms with Gasteiger partial charge in [-0.1, -0.05) is 17.7 Å². The summed E-state index contributed by atoms with van der Waals surface area (Å²) in [5.41, 5.74) is 1.38. The lowest BCUT2D eigenvalue weighted by Crippen LogP contribution is -2.45. The number of benzene rings is 1. The first-order valence-corrected chi connectivity index (χ1v) is 12.2. The second-order valence-electron chi connectivity index (χ2n) is 8.51. The molecule has 1 fully saturated rings. The fraction of sp³-hybridized carbons (Fsp3) is 0.375. The Bertz CT molecular complexity index is 1190. The van der Waals surface area contributed by atoms with Crippen molar-refractivity contribution in [2.24, 2.45) is 13.0 Å². The van der Waals surface area contributed by atoms with E-state index in [0.717, 1.165) is 16.6 Å². The molecule has 0 saturated carbocycles. The van der Waals surface area contributed by atoms with Crippen molar-refractivity contribution in [3.8, 4) is 10.6 Å². The van der Waals surface area contributed by atoms with Gasteiger partial charge in [-0.2, -0.15) is 5.10 Å². The first kappa shape index (κ1) is 24.5. The van der Waals surface area contributed by atoms with Crippen molar-refractivity contribution < 1.29 is 18.4 Å². The Kier molecular flexibility index (Phi) is 7.45. The van der Waals surface area contributed by atoms with Crippen molar-refractivity contribution >= 4 is 34.6 Å². The smallest absolute Gasteiger partial charge is 0.221 e. The minimum Gasteiger partial charge on any atom is -0.359 e. The number of aromatic nitrogens is 2. The molecule has 180 valence electrons. The molecule has 1 aromatic carbocycles. The molecule has 3 aromatic rings. The second kappa shape index (κ2) is 10.3. The van der Waals surface area contributed by atoms with E-state index in [0.29, 0.717) is 28.4 Å². The van der Waals surface area contributed by atoms with E-state index in [9.17, 15) is 18.4 Å². The average molecular weight is 507 g/mol. The molecule has 34 heavy (non-hydrogen) atoms. The Labute approximate surface area is 205 Å². The van der Waals surface area contributed by atoms with Crippen molar-refractivity contribution in [1.29, 1.82) is 0 Å². The highest BCUT2D eigenvalue weighted by atomic mass is 35.5. The van der Waals surface area contributed by atoms with Crippen molar-refractivity contribution in [3.63, 3.8) is 0 Å². The van der Waals surface area contributed by atoms with Crippen LogP contribution in [0.4, 0.5) is 8.78 Å². The Morgan fingerprint density at radius 2 is 2.03 bits per heavy atom. The maximum Gasteiger partial charge on any atom is 0.221 e. The van der Waals surface area contributed by atoms with Crippen molar-refractivity contribution in [2.45, 2.75) is 31.2 Å². The van der Waals surface area contributed by atoms with E-state index in [-0.39, 0.29) is 42.4 Å². The summed E-state index contributed by atoms with van der Waals surface area (Å²) < 4.78 is 29.2. The Hall–Kier alpha value is -2.62. The van der Waals surface area contributed by atoms with E-state index in [4.69, 9.17) is 11.6 Å². The van der Waals surface area contributed by atoms with Crippen LogP contribution in [0.5, 0.6) is 0 Å². The Morgan fingerprint density at radius 3 is 2.71 bits per heavy atom. The molecule has 0 radical (unpaired) electrons. The summed E-state index contributed by atoms with van der Waals surface area (Å²) in [6.45, 7) is 0.489. The maximum absolute atomic E-state index is 14.0. The molecular weight excluding hydrogens is 482 g/mol. The number of thiophene rings is 1. The van der Waals surface area contributed by atoms with Crippen molar-refractivity contribution in [2.75, 3.05) is 13.6 Å². The number of piperidine rings is 1. The van der Waals surface area contributed by atoms with Crippen LogP contribution in [0.25, 0.3) is 10.6 Å². The van der Waals surface area contributed by atoms with Crippen LogP contribution in [0.2, 0.25) is 5.02 Å². The van der Waals surface area contributed by atoms with Crippen LogP contribution < -0.4 is 10.6 Å². The average Bonchev–Trinajstić information content (AvgIpc) is 3.42. The molecular formula is C24H25ClF2N4O2S. The van der Waals surface area contributed by atoms with Crippen molar-refractivity contribution in [3.05, 3.63) is 63.6 Å². The van der Waals surface area contributed by atoms with Gasteiger partial charge in [0.05, 0.1) is 26.7 Å². The standard InChI is InChI=1S/C24H25ClF2N4O2S/c1-28-23(33)10-15-9-16(13-3-4-18(26)19(27)7-13)14(11-29-15)8-20(32)21-5-6-22(34-21)24-17(25)12-30-31(24)2/h3-7,12,14-16,29H,8-11H2,1-2H3,(H,28,33)/t14-,15?,16+/m1/s1. The topological polar surface area (TPSA) is 76.0 Å². The predicted octanol–water partition coefficient (Wildman–Crippen LogP) is 4.55. The number of ketones is 1. The van der Waals surface area contributed by atoms with Gasteiger partial charge in [-0.25, -0.2) is 8.78 Å². The number of hydrogen-bond acceptors (Lipinski definition) is 5. The van der Waals surface area contributed by atoms with Gasteiger partial charge in [0.2, 0.25) is 5.91 Å². The van der Waals surface area contributed by atoms with Gasteiger partial charge in [0.25, 0.3) is 0 Å². The third kappa shape index (κ3) is 5.21. The molecule has 0 spiro atoms. The SMILES string of the molecule is CNC(=O)CC1C[C@@H](c2ccc(F)c(F)c2)[C@H](CC(=O)c2ccc(-c3c(Cl)cnn3C)s2)CN1. The molecule has 3 atom stereocenters. The highest BCUT2D eigenvalue weighted by Crippen LogP contribution is 2.38. The van der Waals surface area contributed by atoms with E-state index in [1.54, 1.807) is 37.1 Å². The summed E-state index contributed by atoms with van der Waals surface area (Å²) in [7, 11) is 3.37. The van der Waals surface area contributed by atoms with E-state index < -0.39 is 11.6 Å². The quantitative estimate of drug-likeness (QED) is 0.461. The van der Waals surface area contributed by atoms with E-state index in [1.165, 1.54) is 17.4 Å². The second-order valence-corrected chi connectivity index (χ2v) is 10.0. The van der Waals surface area contributed by atoms with Gasteiger partial charge in [-0.05, 0) is 54.6 Å². The van der Waals surface area contributed by atoms with Gasteiger partial charge in [-0.15, -0.1) is 11.3 Å². The van der Waals surface area contributed by atoms with Crippen LogP contribution in [0.15, 0.2) is 36.5 Å². The number of halogens is 3. The molecule has 1 amide bonds. The first-order chi connectivity index (χ1) is 16.3. The number of amides is 1. The van der Waals surface area contributed by atoms with Crippen LogP contribution >= 0.6 is 22.9 Å². The largest absolute Gasteiger partial charge is 0.359 e. The summed E-state index contributed by atoms with van der Waals surface area (Å²) in [6, 6.07) is 7.39. The van der Waals surface area contributed by atoms with Crippen LogP contribution in [0.1, 0.15) is 40.4 Å². The zero-order chi connectivity index (χ0) is 24.4. The number of Topliss-reactive ketones (excluding diaryl/α,β-unsaturated/α-hetero) is 1. The normalized spacial score (nSPS) is 20.3. The number of nitrogens with one attached hydrogen (secondary N) is 2. The van der Waals surface area contributed by atoms with Gasteiger partial charge < -0.3 is 10.6 Å². The van der Waals surface area contributed by atoms with Gasteiger partial charge in [0.1, 0.15) is 0 Å². The first-order valence-electron chi connectivity index (χ1n) is 11.0. The molecule has 2 N–H and O–H groups in total. The van der Waals surface area contributed by atoms with Gasteiger partial charge in [0.15, 0.2) is 17.4 Å². The third-order valence-corrected chi connectivity index (χ3v) is 7.72. The zero-order valence-electron chi connectivity index (χ0n) is 18.8. The van der Waals surface area contributed by atoms with Crippen LogP contribution in [-0.2, 0) is 11.8 Å². The Balaban J connectivity index is 1.54. The fourth-order valence-corrected chi connectivity index (χ4v) is 5.90. The lowest BCUT2D eigenvalue weighted by molar-refractivity contribution is -0.121. The molecule has 1 unspecified atom stereocenters.